The fourth-order valence-corrected chi connectivity index (χ4v) is 2.78. The van der Waals surface area contributed by atoms with Gasteiger partial charge in [-0.15, -0.1) is 24.0 Å². The van der Waals surface area contributed by atoms with Crippen LogP contribution in [0.2, 0.25) is 0 Å². The Kier molecular flexibility index (Phi) is 8.14. The number of hydrogen-bond donors (Lipinski definition) is 3. The summed E-state index contributed by atoms with van der Waals surface area (Å²) in [5.41, 5.74) is 3.58. The van der Waals surface area contributed by atoms with Gasteiger partial charge in [0.25, 0.3) is 0 Å². The molecule has 0 aliphatic rings. The van der Waals surface area contributed by atoms with Crippen molar-refractivity contribution in [2.45, 2.75) is 12.5 Å². The molecule has 0 radical (unpaired) electrons. The van der Waals surface area contributed by atoms with Gasteiger partial charge in [-0.25, -0.2) is 0 Å². The standard InChI is InChI=1S/C20H23N5.HI/c1-21-20(22-14-18-12-13-24-25-18)23-15-19(16-8-4-2-5-9-16)17-10-6-3-7-11-17;/h2-13,19H,14-15H2,1H3,(H,24,25)(H2,21,22,23);1H. The highest BCUT2D eigenvalue weighted by Crippen LogP contribution is 2.23. The van der Waals surface area contributed by atoms with E-state index in [2.05, 4.69) is 74.4 Å². The van der Waals surface area contributed by atoms with Crippen molar-refractivity contribution in [3.63, 3.8) is 0 Å². The maximum absolute atomic E-state index is 4.31. The second-order valence-corrected chi connectivity index (χ2v) is 5.76. The predicted octanol–water partition coefficient (Wildman–Crippen LogP) is 3.52. The lowest BCUT2D eigenvalue weighted by molar-refractivity contribution is 0.724. The molecule has 0 aliphatic carbocycles. The predicted molar refractivity (Wildman–Crippen MR) is 117 cm³/mol. The molecule has 0 spiro atoms. The third kappa shape index (κ3) is 5.59. The normalized spacial score (nSPS) is 11.1. The van der Waals surface area contributed by atoms with Gasteiger partial charge >= 0.3 is 0 Å². The Labute approximate surface area is 171 Å². The Morgan fingerprint density at radius 3 is 2.08 bits per heavy atom. The zero-order valence-corrected chi connectivity index (χ0v) is 17.1. The molecule has 0 amide bonds. The molecule has 0 bridgehead atoms. The molecular weight excluding hydrogens is 437 g/mol. The molecule has 0 unspecified atom stereocenters. The van der Waals surface area contributed by atoms with Crippen LogP contribution in [-0.2, 0) is 6.54 Å². The van der Waals surface area contributed by atoms with E-state index in [1.165, 1.54) is 11.1 Å². The molecule has 0 aliphatic heterocycles. The van der Waals surface area contributed by atoms with Crippen molar-refractivity contribution < 1.29 is 0 Å². The molecule has 0 atom stereocenters. The van der Waals surface area contributed by atoms with E-state index >= 15 is 0 Å². The largest absolute Gasteiger partial charge is 0.355 e. The summed E-state index contributed by atoms with van der Waals surface area (Å²) in [7, 11) is 1.78. The average molecular weight is 461 g/mol. The summed E-state index contributed by atoms with van der Waals surface area (Å²) in [5.74, 6) is 1.03. The summed E-state index contributed by atoms with van der Waals surface area (Å²) >= 11 is 0. The van der Waals surface area contributed by atoms with Crippen molar-refractivity contribution in [2.24, 2.45) is 4.99 Å². The lowest BCUT2D eigenvalue weighted by Crippen LogP contribution is -2.39. The highest BCUT2D eigenvalue weighted by molar-refractivity contribution is 14.0. The monoisotopic (exact) mass is 461 g/mol. The number of nitrogens with one attached hydrogen (secondary N) is 3. The molecule has 3 N–H and O–H groups in total. The smallest absolute Gasteiger partial charge is 0.191 e. The van der Waals surface area contributed by atoms with Crippen molar-refractivity contribution in [1.29, 1.82) is 0 Å². The van der Waals surface area contributed by atoms with Crippen LogP contribution in [0.3, 0.4) is 0 Å². The Morgan fingerprint density at radius 2 is 1.58 bits per heavy atom. The van der Waals surface area contributed by atoms with Crippen molar-refractivity contribution in [3.05, 3.63) is 89.7 Å². The number of aliphatic imine (C=N–C) groups is 1. The summed E-state index contributed by atoms with van der Waals surface area (Å²) in [4.78, 5) is 4.31. The molecule has 5 nitrogen and oxygen atoms in total. The van der Waals surface area contributed by atoms with Crippen molar-refractivity contribution in [3.8, 4) is 0 Å². The van der Waals surface area contributed by atoms with E-state index in [1.807, 2.05) is 18.2 Å². The second-order valence-electron chi connectivity index (χ2n) is 5.76. The van der Waals surface area contributed by atoms with E-state index in [9.17, 15) is 0 Å². The van der Waals surface area contributed by atoms with Gasteiger partial charge in [0.05, 0.1) is 12.2 Å². The average Bonchev–Trinajstić information content (AvgIpc) is 3.20. The van der Waals surface area contributed by atoms with Crippen LogP contribution in [0, 0.1) is 0 Å². The number of guanidine groups is 1. The van der Waals surface area contributed by atoms with Crippen LogP contribution < -0.4 is 10.6 Å². The first-order valence-electron chi connectivity index (χ1n) is 8.39. The molecule has 6 heteroatoms. The molecule has 136 valence electrons. The highest BCUT2D eigenvalue weighted by Gasteiger charge is 2.14. The molecule has 0 saturated heterocycles. The van der Waals surface area contributed by atoms with E-state index in [0.29, 0.717) is 6.54 Å². The van der Waals surface area contributed by atoms with Gasteiger partial charge in [0.2, 0.25) is 0 Å². The number of hydrogen-bond acceptors (Lipinski definition) is 2. The minimum Gasteiger partial charge on any atom is -0.355 e. The first-order chi connectivity index (χ1) is 12.4. The molecule has 1 aromatic heterocycles. The number of nitrogens with zero attached hydrogens (tertiary/aromatic N) is 2. The fourth-order valence-electron chi connectivity index (χ4n) is 2.78. The zero-order chi connectivity index (χ0) is 17.3. The molecule has 0 saturated carbocycles. The van der Waals surface area contributed by atoms with Gasteiger partial charge in [-0.1, -0.05) is 60.7 Å². The molecule has 2 aromatic carbocycles. The first kappa shape index (κ1) is 20.0. The third-order valence-corrected chi connectivity index (χ3v) is 4.11. The van der Waals surface area contributed by atoms with Crippen LogP contribution in [-0.4, -0.2) is 29.7 Å². The number of benzene rings is 2. The number of aromatic nitrogens is 2. The van der Waals surface area contributed by atoms with Crippen LogP contribution in [0.25, 0.3) is 0 Å². The zero-order valence-electron chi connectivity index (χ0n) is 14.7. The van der Waals surface area contributed by atoms with E-state index in [1.54, 1.807) is 13.2 Å². The minimum atomic E-state index is 0. The summed E-state index contributed by atoms with van der Waals surface area (Å²) < 4.78 is 0. The maximum Gasteiger partial charge on any atom is 0.191 e. The van der Waals surface area contributed by atoms with Gasteiger partial charge in [0.1, 0.15) is 0 Å². The summed E-state index contributed by atoms with van der Waals surface area (Å²) in [6.07, 6.45) is 1.74. The molecule has 0 fully saturated rings. The van der Waals surface area contributed by atoms with Gasteiger partial charge in [-0.2, -0.15) is 5.10 Å². The highest BCUT2D eigenvalue weighted by atomic mass is 127. The Balaban J connectivity index is 0.00000243. The molecular formula is C20H24IN5. The second kappa shape index (κ2) is 10.6. The van der Waals surface area contributed by atoms with Crippen LogP contribution in [0.15, 0.2) is 77.9 Å². The van der Waals surface area contributed by atoms with Crippen LogP contribution >= 0.6 is 24.0 Å². The maximum atomic E-state index is 4.31. The van der Waals surface area contributed by atoms with Gasteiger partial charge < -0.3 is 10.6 Å². The van der Waals surface area contributed by atoms with Gasteiger partial charge in [-0.3, -0.25) is 10.1 Å². The number of aromatic amines is 1. The third-order valence-electron chi connectivity index (χ3n) is 4.11. The van der Waals surface area contributed by atoms with E-state index in [0.717, 1.165) is 18.2 Å². The first-order valence-corrected chi connectivity index (χ1v) is 8.39. The van der Waals surface area contributed by atoms with Crippen LogP contribution in [0.1, 0.15) is 22.7 Å². The van der Waals surface area contributed by atoms with Gasteiger partial charge in [0, 0.05) is 25.7 Å². The lowest BCUT2D eigenvalue weighted by Gasteiger charge is -2.20. The van der Waals surface area contributed by atoms with E-state index in [4.69, 9.17) is 0 Å². The minimum absolute atomic E-state index is 0. The van der Waals surface area contributed by atoms with Crippen LogP contribution in [0.5, 0.6) is 0 Å². The van der Waals surface area contributed by atoms with Crippen molar-refractivity contribution in [2.75, 3.05) is 13.6 Å². The van der Waals surface area contributed by atoms with Crippen molar-refractivity contribution in [1.82, 2.24) is 20.8 Å². The topological polar surface area (TPSA) is 65.1 Å². The molecule has 1 heterocycles. The lowest BCUT2D eigenvalue weighted by atomic mass is 9.91. The Morgan fingerprint density at radius 1 is 0.962 bits per heavy atom. The quantitative estimate of drug-likeness (QED) is 0.299. The molecule has 3 aromatic rings. The summed E-state index contributed by atoms with van der Waals surface area (Å²) in [5, 5.41) is 13.6. The van der Waals surface area contributed by atoms with Crippen LogP contribution in [0.4, 0.5) is 0 Å². The number of H-pyrrole nitrogens is 1. The Bertz CT molecular complexity index is 733. The van der Waals surface area contributed by atoms with Crippen molar-refractivity contribution >= 4 is 29.9 Å². The SMILES string of the molecule is CN=C(NCc1ccn[nH]1)NCC(c1ccccc1)c1ccccc1.I. The van der Waals surface area contributed by atoms with Gasteiger partial charge in [-0.05, 0) is 17.2 Å². The summed E-state index contributed by atoms with van der Waals surface area (Å²) in [6.45, 7) is 1.41. The van der Waals surface area contributed by atoms with E-state index in [-0.39, 0.29) is 29.9 Å². The summed E-state index contributed by atoms with van der Waals surface area (Å²) in [6, 6.07) is 23.0. The molecule has 26 heavy (non-hydrogen) atoms. The van der Waals surface area contributed by atoms with E-state index < -0.39 is 0 Å². The number of rotatable bonds is 6. The molecule has 3 rings (SSSR count). The Hall–Kier alpha value is -2.35. The fraction of sp³-hybridized carbons (Fsp3) is 0.200. The van der Waals surface area contributed by atoms with Gasteiger partial charge in [0.15, 0.2) is 5.96 Å². The number of halogens is 1.